The van der Waals surface area contributed by atoms with Crippen LogP contribution in [0.15, 0.2) is 6.07 Å². The van der Waals surface area contributed by atoms with Crippen LogP contribution in [-0.2, 0) is 27.2 Å². The summed E-state index contributed by atoms with van der Waals surface area (Å²) in [5.74, 6) is 0.589. The van der Waals surface area contributed by atoms with Crippen molar-refractivity contribution in [3.63, 3.8) is 0 Å². The zero-order valence-corrected chi connectivity index (χ0v) is 27.2. The summed E-state index contributed by atoms with van der Waals surface area (Å²) in [6.07, 6.45) is 0.0667. The molecule has 4 heterocycles. The third-order valence-electron chi connectivity index (χ3n) is 9.90. The van der Waals surface area contributed by atoms with Crippen molar-refractivity contribution in [1.29, 1.82) is 0 Å². The molecule has 1 saturated heterocycles. The Kier molecular flexibility index (Phi) is 8.28. The average molecular weight is 639 g/mol. The van der Waals surface area contributed by atoms with Gasteiger partial charge < -0.3 is 39.8 Å². The van der Waals surface area contributed by atoms with Crippen molar-refractivity contribution in [2.75, 3.05) is 27.5 Å². The van der Waals surface area contributed by atoms with Gasteiger partial charge in [0.15, 0.2) is 23.0 Å². The van der Waals surface area contributed by atoms with E-state index < -0.39 is 42.3 Å². The number of nitrogens with one attached hydrogen (secondary N) is 2. The smallest absolute Gasteiger partial charge is 0.308 e. The van der Waals surface area contributed by atoms with Gasteiger partial charge >= 0.3 is 5.97 Å². The summed E-state index contributed by atoms with van der Waals surface area (Å²) < 4.78 is 23.3. The third-order valence-corrected chi connectivity index (χ3v) is 9.90. The lowest BCUT2D eigenvalue weighted by Gasteiger charge is -2.60. The number of benzene rings is 2. The van der Waals surface area contributed by atoms with Crippen molar-refractivity contribution in [3.05, 3.63) is 39.4 Å². The highest BCUT2D eigenvalue weighted by molar-refractivity contribution is 5.87. The van der Waals surface area contributed by atoms with Crippen LogP contribution < -0.4 is 29.6 Å². The standard InChI is InChI=1S/C33H42N4O9/c1-8-23(39)35-16(4)32(41)34-12-22-25-19(29(46-17(5)38)15(3)30-31(25)45-13-44-30)11-20-26-24-18(9-14(2)28(43-7)27(24)40)10-21(36(26)6)33(42)37(20)22/h9,16,20-22,26,33,40,42H,8,10-13H2,1-7H3,(H,34,41)(H,35,39)/t16-,20?,21-,22-,26-,33-/m0/s1. The number of piperazine rings is 1. The Bertz CT molecular complexity index is 1610. The van der Waals surface area contributed by atoms with E-state index in [0.29, 0.717) is 52.5 Å². The molecule has 2 aromatic carbocycles. The van der Waals surface area contributed by atoms with Crippen LogP contribution in [0.1, 0.15) is 72.7 Å². The molecule has 2 amide bonds. The number of aliphatic hydroxyl groups is 1. The van der Waals surface area contributed by atoms with E-state index in [9.17, 15) is 24.6 Å². The van der Waals surface area contributed by atoms with Crippen LogP contribution in [-0.4, -0.2) is 89.6 Å². The maximum atomic E-state index is 13.3. The first-order chi connectivity index (χ1) is 21.9. The fraction of sp³-hybridized carbons (Fsp3) is 0.545. The van der Waals surface area contributed by atoms with E-state index in [1.54, 1.807) is 20.8 Å². The molecule has 2 aromatic rings. The molecule has 13 heteroatoms. The topological polar surface area (TPSA) is 159 Å². The highest BCUT2D eigenvalue weighted by atomic mass is 16.7. The van der Waals surface area contributed by atoms with Gasteiger partial charge in [0, 0.05) is 48.2 Å². The van der Waals surface area contributed by atoms with Crippen LogP contribution >= 0.6 is 0 Å². The lowest BCUT2D eigenvalue weighted by Crippen LogP contribution is -2.69. The number of carbonyl (C=O) groups excluding carboxylic acids is 3. The number of hydrogen-bond donors (Lipinski definition) is 4. The zero-order valence-electron chi connectivity index (χ0n) is 27.2. The van der Waals surface area contributed by atoms with Crippen LogP contribution in [0.2, 0.25) is 0 Å². The van der Waals surface area contributed by atoms with Crippen LogP contribution in [0.4, 0.5) is 0 Å². The maximum Gasteiger partial charge on any atom is 0.308 e. The van der Waals surface area contributed by atoms with E-state index in [-0.39, 0.29) is 37.5 Å². The van der Waals surface area contributed by atoms with Gasteiger partial charge in [-0.05, 0) is 51.8 Å². The molecular weight excluding hydrogens is 596 g/mol. The number of amides is 2. The summed E-state index contributed by atoms with van der Waals surface area (Å²) >= 11 is 0. The van der Waals surface area contributed by atoms with Gasteiger partial charge in [-0.3, -0.25) is 24.2 Å². The molecule has 4 aliphatic rings. The number of likely N-dealkylation sites (N-methyl/N-ethyl adjacent to an activating group) is 1. The molecule has 6 rings (SSSR count). The van der Waals surface area contributed by atoms with Gasteiger partial charge in [-0.25, -0.2) is 0 Å². The van der Waals surface area contributed by atoms with E-state index in [0.717, 1.165) is 16.7 Å². The van der Waals surface area contributed by atoms with E-state index in [1.165, 1.54) is 14.0 Å². The highest BCUT2D eigenvalue weighted by Gasteiger charge is 2.56. The maximum absolute atomic E-state index is 13.3. The summed E-state index contributed by atoms with van der Waals surface area (Å²) in [6.45, 7) is 8.36. The average Bonchev–Trinajstić information content (AvgIpc) is 3.50. The molecule has 0 aromatic heterocycles. The fourth-order valence-corrected chi connectivity index (χ4v) is 7.88. The number of ether oxygens (including phenoxy) is 4. The molecule has 13 nitrogen and oxygen atoms in total. The minimum atomic E-state index is -0.979. The molecule has 2 bridgehead atoms. The molecule has 1 unspecified atom stereocenters. The number of aryl methyl sites for hydroxylation is 1. The summed E-state index contributed by atoms with van der Waals surface area (Å²) in [5.41, 5.74) is 4.42. The monoisotopic (exact) mass is 638 g/mol. The predicted octanol–water partition coefficient (Wildman–Crippen LogP) is 1.90. The van der Waals surface area contributed by atoms with Gasteiger partial charge in [-0.15, -0.1) is 0 Å². The summed E-state index contributed by atoms with van der Waals surface area (Å²) in [7, 11) is 3.46. The Balaban J connectivity index is 1.52. The number of methoxy groups -OCH3 is 1. The first-order valence-corrected chi connectivity index (χ1v) is 15.7. The van der Waals surface area contributed by atoms with Crippen molar-refractivity contribution in [2.45, 2.75) is 90.3 Å². The number of aliphatic hydroxyl groups excluding tert-OH is 1. The second-order valence-electron chi connectivity index (χ2n) is 12.6. The Morgan fingerprint density at radius 3 is 2.50 bits per heavy atom. The second-order valence-corrected chi connectivity index (χ2v) is 12.6. The van der Waals surface area contributed by atoms with Crippen molar-refractivity contribution in [2.24, 2.45) is 0 Å². The molecule has 6 atom stereocenters. The SMILES string of the molecule is CCC(=O)N[C@@H](C)C(=O)NC[C@H]1c2c(c(OC(C)=O)c(C)c3c2OCO3)CC2[C@H]3c4c(cc(C)c(OC)c4O)C[C@@H]([C@H](O)N21)N3C. The van der Waals surface area contributed by atoms with Gasteiger partial charge in [0.1, 0.15) is 18.0 Å². The largest absolute Gasteiger partial charge is 0.504 e. The minimum absolute atomic E-state index is 0.0360. The third kappa shape index (κ3) is 4.92. The van der Waals surface area contributed by atoms with E-state index in [4.69, 9.17) is 18.9 Å². The van der Waals surface area contributed by atoms with Gasteiger partial charge in [-0.2, -0.15) is 0 Å². The summed E-state index contributed by atoms with van der Waals surface area (Å²) in [5, 5.41) is 29.4. The number of aromatic hydroxyl groups is 1. The Labute approximate surface area is 267 Å². The van der Waals surface area contributed by atoms with E-state index >= 15 is 0 Å². The van der Waals surface area contributed by atoms with Crippen molar-refractivity contribution in [1.82, 2.24) is 20.4 Å². The molecule has 0 saturated carbocycles. The molecule has 248 valence electrons. The van der Waals surface area contributed by atoms with Crippen molar-refractivity contribution >= 4 is 17.8 Å². The van der Waals surface area contributed by atoms with Gasteiger partial charge in [0.05, 0.1) is 25.2 Å². The van der Waals surface area contributed by atoms with Gasteiger partial charge in [0.2, 0.25) is 18.6 Å². The molecule has 1 fully saturated rings. The van der Waals surface area contributed by atoms with Crippen molar-refractivity contribution in [3.8, 4) is 28.7 Å². The lowest BCUT2D eigenvalue weighted by atomic mass is 9.73. The van der Waals surface area contributed by atoms with Gasteiger partial charge in [-0.1, -0.05) is 13.0 Å². The second kappa shape index (κ2) is 11.9. The van der Waals surface area contributed by atoms with Crippen LogP contribution in [0.5, 0.6) is 28.7 Å². The first kappa shape index (κ1) is 31.9. The van der Waals surface area contributed by atoms with Crippen LogP contribution in [0.25, 0.3) is 0 Å². The molecule has 46 heavy (non-hydrogen) atoms. The van der Waals surface area contributed by atoms with Crippen LogP contribution in [0.3, 0.4) is 0 Å². The molecule has 0 radical (unpaired) electrons. The number of phenolic OH excluding ortho intramolecular Hbond substituents is 1. The fourth-order valence-electron chi connectivity index (χ4n) is 7.88. The lowest BCUT2D eigenvalue weighted by molar-refractivity contribution is -0.172. The first-order valence-electron chi connectivity index (χ1n) is 15.7. The highest BCUT2D eigenvalue weighted by Crippen LogP contribution is 2.58. The number of hydrogen-bond acceptors (Lipinski definition) is 11. The zero-order chi connectivity index (χ0) is 33.2. The van der Waals surface area contributed by atoms with Gasteiger partial charge in [0.25, 0.3) is 0 Å². The number of esters is 1. The quantitative estimate of drug-likeness (QED) is 0.259. The number of phenols is 1. The Morgan fingerprint density at radius 1 is 1.11 bits per heavy atom. The van der Waals surface area contributed by atoms with Crippen LogP contribution in [0, 0.1) is 13.8 Å². The molecule has 4 aliphatic heterocycles. The normalized spacial score (nSPS) is 25.1. The summed E-state index contributed by atoms with van der Waals surface area (Å²) in [6, 6.07) is -0.599. The number of rotatable bonds is 7. The minimum Gasteiger partial charge on any atom is -0.504 e. The van der Waals surface area contributed by atoms with E-state index in [2.05, 4.69) is 15.5 Å². The Morgan fingerprint density at radius 2 is 1.83 bits per heavy atom. The predicted molar refractivity (Wildman–Crippen MR) is 165 cm³/mol. The number of fused-ring (bicyclic) bond motifs is 9. The number of nitrogens with zero attached hydrogens (tertiary/aromatic N) is 2. The summed E-state index contributed by atoms with van der Waals surface area (Å²) in [4.78, 5) is 41.8. The number of carbonyl (C=O) groups is 3. The molecule has 4 N–H and O–H groups in total. The molecular formula is C33H42N4O9. The molecule has 0 spiro atoms. The van der Waals surface area contributed by atoms with Crippen molar-refractivity contribution < 1.29 is 43.5 Å². The van der Waals surface area contributed by atoms with E-state index in [1.807, 2.05) is 24.9 Å². The molecule has 0 aliphatic carbocycles. The Hall–Kier alpha value is -4.07.